The topological polar surface area (TPSA) is 29.5 Å². The largest absolute Gasteiger partial charge is 0.469 e. The Kier molecular flexibility index (Phi) is 5.60. The number of benzene rings is 1. The molecule has 110 valence electrons. The van der Waals surface area contributed by atoms with Crippen LogP contribution in [0.25, 0.3) is 0 Å². The monoisotopic (exact) mass is 275 g/mol. The number of hydrogen-bond acceptors (Lipinski definition) is 3. The number of carbonyl (C=O) groups excluding carboxylic acids is 1. The molecule has 0 saturated heterocycles. The summed E-state index contributed by atoms with van der Waals surface area (Å²) in [5, 5.41) is 0. The van der Waals surface area contributed by atoms with Crippen molar-refractivity contribution in [2.75, 3.05) is 20.7 Å². The lowest BCUT2D eigenvalue weighted by atomic mass is 10.0. The van der Waals surface area contributed by atoms with Crippen LogP contribution < -0.4 is 0 Å². The van der Waals surface area contributed by atoms with Crippen LogP contribution >= 0.6 is 0 Å². The molecular formula is C17H25NO2. The standard InChI is InChI=1S/C17H25NO2/c1-18(12-14-7-3-4-8-14)13-16-10-6-5-9-15(16)11-17(19)20-2/h5-6,9-10,14H,3-4,7-8,11-13H2,1-2H3. The summed E-state index contributed by atoms with van der Waals surface area (Å²) in [4.78, 5) is 13.8. The zero-order valence-electron chi connectivity index (χ0n) is 12.6. The van der Waals surface area contributed by atoms with E-state index in [1.54, 1.807) is 0 Å². The summed E-state index contributed by atoms with van der Waals surface area (Å²) in [7, 11) is 3.62. The summed E-state index contributed by atoms with van der Waals surface area (Å²) < 4.78 is 4.77. The molecule has 0 amide bonds. The minimum Gasteiger partial charge on any atom is -0.469 e. The number of nitrogens with zero attached hydrogens (tertiary/aromatic N) is 1. The van der Waals surface area contributed by atoms with E-state index in [9.17, 15) is 4.79 Å². The highest BCUT2D eigenvalue weighted by molar-refractivity contribution is 5.72. The molecule has 0 bridgehead atoms. The molecule has 3 heteroatoms. The van der Waals surface area contributed by atoms with Crippen LogP contribution in [0.4, 0.5) is 0 Å². The normalized spacial score (nSPS) is 15.8. The summed E-state index contributed by atoms with van der Waals surface area (Å²) >= 11 is 0. The van der Waals surface area contributed by atoms with Crippen LogP contribution in [0.1, 0.15) is 36.8 Å². The molecule has 3 nitrogen and oxygen atoms in total. The van der Waals surface area contributed by atoms with E-state index in [1.165, 1.54) is 38.4 Å². The maximum absolute atomic E-state index is 11.5. The van der Waals surface area contributed by atoms with Gasteiger partial charge in [-0.3, -0.25) is 4.79 Å². The molecule has 0 atom stereocenters. The summed E-state index contributed by atoms with van der Waals surface area (Å²) in [5.41, 5.74) is 2.32. The number of ether oxygens (including phenoxy) is 1. The molecule has 0 spiro atoms. The van der Waals surface area contributed by atoms with Crippen molar-refractivity contribution in [3.8, 4) is 0 Å². The van der Waals surface area contributed by atoms with E-state index < -0.39 is 0 Å². The molecule has 0 unspecified atom stereocenters. The van der Waals surface area contributed by atoms with E-state index in [0.29, 0.717) is 6.42 Å². The average Bonchev–Trinajstić information content (AvgIpc) is 2.93. The van der Waals surface area contributed by atoms with Gasteiger partial charge in [0, 0.05) is 13.1 Å². The lowest BCUT2D eigenvalue weighted by Gasteiger charge is -2.22. The highest BCUT2D eigenvalue weighted by atomic mass is 16.5. The molecule has 20 heavy (non-hydrogen) atoms. The Labute approximate surface area is 121 Å². The molecule has 0 radical (unpaired) electrons. The molecular weight excluding hydrogens is 250 g/mol. The van der Waals surface area contributed by atoms with Crippen LogP contribution in [0.5, 0.6) is 0 Å². The third-order valence-electron chi connectivity index (χ3n) is 4.17. The van der Waals surface area contributed by atoms with Gasteiger partial charge in [0.05, 0.1) is 13.5 Å². The second kappa shape index (κ2) is 7.44. The number of methoxy groups -OCH3 is 1. The summed E-state index contributed by atoms with van der Waals surface area (Å²) in [6.07, 6.45) is 5.88. The fourth-order valence-corrected chi connectivity index (χ4v) is 3.10. The molecule has 1 saturated carbocycles. The lowest BCUT2D eigenvalue weighted by Crippen LogP contribution is -2.24. The maximum atomic E-state index is 11.5. The van der Waals surface area contributed by atoms with Crippen molar-refractivity contribution in [1.29, 1.82) is 0 Å². The Hall–Kier alpha value is -1.35. The third kappa shape index (κ3) is 4.34. The quantitative estimate of drug-likeness (QED) is 0.747. The van der Waals surface area contributed by atoms with Crippen LogP contribution in [0, 0.1) is 5.92 Å². The van der Waals surface area contributed by atoms with Crippen molar-refractivity contribution in [2.24, 2.45) is 5.92 Å². The summed E-state index contributed by atoms with van der Waals surface area (Å²) in [6.45, 7) is 2.07. The van der Waals surface area contributed by atoms with E-state index in [0.717, 1.165) is 24.6 Å². The van der Waals surface area contributed by atoms with Crippen LogP contribution in [0.2, 0.25) is 0 Å². The lowest BCUT2D eigenvalue weighted by molar-refractivity contribution is -0.139. The van der Waals surface area contributed by atoms with Gasteiger partial charge in [-0.2, -0.15) is 0 Å². The van der Waals surface area contributed by atoms with Crippen LogP contribution in [-0.4, -0.2) is 31.6 Å². The highest BCUT2D eigenvalue weighted by Crippen LogP contribution is 2.25. The number of rotatable bonds is 6. The van der Waals surface area contributed by atoms with Gasteiger partial charge in [-0.1, -0.05) is 37.1 Å². The molecule has 1 fully saturated rings. The van der Waals surface area contributed by atoms with E-state index in [4.69, 9.17) is 4.74 Å². The van der Waals surface area contributed by atoms with Crippen molar-refractivity contribution in [2.45, 2.75) is 38.6 Å². The van der Waals surface area contributed by atoms with Gasteiger partial charge in [0.15, 0.2) is 0 Å². The predicted molar refractivity (Wildman–Crippen MR) is 80.5 cm³/mol. The van der Waals surface area contributed by atoms with Crippen molar-refractivity contribution in [3.05, 3.63) is 35.4 Å². The molecule has 1 aromatic carbocycles. The Balaban J connectivity index is 1.95. The van der Waals surface area contributed by atoms with Crippen LogP contribution in [0.15, 0.2) is 24.3 Å². The Morgan fingerprint density at radius 1 is 1.25 bits per heavy atom. The molecule has 2 rings (SSSR count). The van der Waals surface area contributed by atoms with Gasteiger partial charge in [-0.25, -0.2) is 0 Å². The molecule has 0 aliphatic heterocycles. The molecule has 1 aliphatic carbocycles. The number of carbonyl (C=O) groups is 1. The number of esters is 1. The Morgan fingerprint density at radius 2 is 1.90 bits per heavy atom. The fourth-order valence-electron chi connectivity index (χ4n) is 3.10. The van der Waals surface area contributed by atoms with Crippen molar-refractivity contribution in [3.63, 3.8) is 0 Å². The van der Waals surface area contributed by atoms with E-state index in [-0.39, 0.29) is 5.97 Å². The van der Waals surface area contributed by atoms with E-state index in [1.807, 2.05) is 18.2 Å². The minimum absolute atomic E-state index is 0.170. The first-order chi connectivity index (χ1) is 9.69. The highest BCUT2D eigenvalue weighted by Gasteiger charge is 2.17. The Bertz CT molecular complexity index is 438. The van der Waals surface area contributed by atoms with E-state index >= 15 is 0 Å². The first-order valence-electron chi connectivity index (χ1n) is 7.51. The maximum Gasteiger partial charge on any atom is 0.309 e. The molecule has 1 aromatic rings. The second-order valence-electron chi connectivity index (χ2n) is 5.87. The summed E-state index contributed by atoms with van der Waals surface area (Å²) in [5.74, 6) is 0.684. The second-order valence-corrected chi connectivity index (χ2v) is 5.87. The van der Waals surface area contributed by atoms with E-state index in [2.05, 4.69) is 18.0 Å². The van der Waals surface area contributed by atoms with Gasteiger partial charge in [-0.15, -0.1) is 0 Å². The SMILES string of the molecule is COC(=O)Cc1ccccc1CN(C)CC1CCCC1. The smallest absolute Gasteiger partial charge is 0.309 e. The molecule has 0 aromatic heterocycles. The molecule has 0 N–H and O–H groups in total. The zero-order valence-corrected chi connectivity index (χ0v) is 12.6. The first kappa shape index (κ1) is 15.0. The Morgan fingerprint density at radius 3 is 2.55 bits per heavy atom. The fraction of sp³-hybridized carbons (Fsp3) is 0.588. The minimum atomic E-state index is -0.170. The van der Waals surface area contributed by atoms with Crippen LogP contribution in [-0.2, 0) is 22.5 Å². The van der Waals surface area contributed by atoms with Crippen molar-refractivity contribution < 1.29 is 9.53 Å². The first-order valence-corrected chi connectivity index (χ1v) is 7.51. The molecule has 0 heterocycles. The van der Waals surface area contributed by atoms with Crippen molar-refractivity contribution in [1.82, 2.24) is 4.90 Å². The predicted octanol–water partition coefficient (Wildman–Crippen LogP) is 3.02. The van der Waals surface area contributed by atoms with Gasteiger partial charge in [0.2, 0.25) is 0 Å². The van der Waals surface area contributed by atoms with Crippen molar-refractivity contribution >= 4 is 5.97 Å². The number of hydrogen-bond donors (Lipinski definition) is 0. The average molecular weight is 275 g/mol. The van der Waals surface area contributed by atoms with Gasteiger partial charge >= 0.3 is 5.97 Å². The van der Waals surface area contributed by atoms with Gasteiger partial charge in [0.1, 0.15) is 0 Å². The van der Waals surface area contributed by atoms with Gasteiger partial charge < -0.3 is 9.64 Å². The van der Waals surface area contributed by atoms with Gasteiger partial charge in [0.25, 0.3) is 0 Å². The zero-order chi connectivity index (χ0) is 14.4. The van der Waals surface area contributed by atoms with Crippen LogP contribution in [0.3, 0.4) is 0 Å². The van der Waals surface area contributed by atoms with Gasteiger partial charge in [-0.05, 0) is 36.9 Å². The molecule has 1 aliphatic rings. The summed E-state index contributed by atoms with van der Waals surface area (Å²) in [6, 6.07) is 8.16. The third-order valence-corrected chi connectivity index (χ3v) is 4.17.